The van der Waals surface area contributed by atoms with Crippen molar-refractivity contribution >= 4 is 29.0 Å². The molecule has 0 bridgehead atoms. The number of ether oxygens (including phenoxy) is 3. The van der Waals surface area contributed by atoms with Crippen molar-refractivity contribution < 1.29 is 19.0 Å². The first-order chi connectivity index (χ1) is 17.1. The number of hydrogen-bond acceptors (Lipinski definition) is 7. The molecule has 0 saturated carbocycles. The number of carbonyl (C=O) groups excluding carboxylic acids is 1. The van der Waals surface area contributed by atoms with Gasteiger partial charge in [-0.3, -0.25) is 4.79 Å². The lowest BCUT2D eigenvalue weighted by Crippen LogP contribution is -2.27. The molecule has 1 amide bonds. The molecule has 2 aromatic rings. The fraction of sp³-hybridized carbons (Fsp3) is 0.538. The van der Waals surface area contributed by atoms with Crippen molar-refractivity contribution in [3.05, 3.63) is 41.6 Å². The number of anilines is 2. The van der Waals surface area contributed by atoms with Crippen LogP contribution in [0.25, 0.3) is 11.1 Å². The van der Waals surface area contributed by atoms with E-state index in [4.69, 9.17) is 25.8 Å². The zero-order chi connectivity index (χ0) is 24.5. The highest BCUT2D eigenvalue weighted by Gasteiger charge is 2.30. The van der Waals surface area contributed by atoms with E-state index < -0.39 is 0 Å². The van der Waals surface area contributed by atoms with Crippen molar-refractivity contribution in [3.8, 4) is 11.1 Å². The molecular formula is C26H35ClN4O4. The number of nitrogens with zero attached hydrogens (tertiary/aromatic N) is 1. The van der Waals surface area contributed by atoms with E-state index in [1.54, 1.807) is 13.3 Å². The summed E-state index contributed by atoms with van der Waals surface area (Å²) in [6.45, 7) is 4.90. The fourth-order valence-corrected chi connectivity index (χ4v) is 4.69. The molecule has 0 radical (unpaired) electrons. The first-order valence-corrected chi connectivity index (χ1v) is 12.7. The first-order valence-electron chi connectivity index (χ1n) is 12.3. The first kappa shape index (κ1) is 25.9. The van der Waals surface area contributed by atoms with Crippen LogP contribution in [-0.4, -0.2) is 70.2 Å². The lowest BCUT2D eigenvalue weighted by Gasteiger charge is -2.22. The van der Waals surface area contributed by atoms with Gasteiger partial charge in [0.15, 0.2) is 0 Å². The van der Waals surface area contributed by atoms with Crippen molar-refractivity contribution in [2.24, 2.45) is 11.8 Å². The number of pyridine rings is 1. The van der Waals surface area contributed by atoms with Gasteiger partial charge in [0.05, 0.1) is 30.8 Å². The van der Waals surface area contributed by atoms with Gasteiger partial charge in [0.1, 0.15) is 5.82 Å². The second-order valence-electron chi connectivity index (χ2n) is 9.16. The number of amides is 1. The number of rotatable bonds is 11. The summed E-state index contributed by atoms with van der Waals surface area (Å²) < 4.78 is 16.0. The summed E-state index contributed by atoms with van der Waals surface area (Å²) in [7, 11) is 1.65. The van der Waals surface area contributed by atoms with E-state index in [1.165, 1.54) is 0 Å². The molecule has 0 unspecified atom stereocenters. The number of carbonyl (C=O) groups is 1. The Balaban J connectivity index is 1.34. The van der Waals surface area contributed by atoms with E-state index in [0.717, 1.165) is 55.8 Å². The van der Waals surface area contributed by atoms with Crippen LogP contribution in [0.15, 0.2) is 36.5 Å². The van der Waals surface area contributed by atoms with Crippen molar-refractivity contribution in [2.75, 3.05) is 63.9 Å². The van der Waals surface area contributed by atoms with Gasteiger partial charge < -0.3 is 30.2 Å². The van der Waals surface area contributed by atoms with E-state index in [0.29, 0.717) is 43.1 Å². The predicted octanol–water partition coefficient (Wildman–Crippen LogP) is 3.82. The molecule has 1 aromatic heterocycles. The van der Waals surface area contributed by atoms with Crippen LogP contribution in [0.2, 0.25) is 5.02 Å². The SMILES string of the molecule is COCCOC[C@@H]1C[C@@H](C(=O)Nc2cc(-c3cccc(NCC4CCOCC4)c3)c(Cl)cn2)CN1. The molecule has 4 rings (SSSR count). The summed E-state index contributed by atoms with van der Waals surface area (Å²) >= 11 is 6.49. The average molecular weight is 503 g/mol. The minimum atomic E-state index is -0.135. The normalized spacial score (nSPS) is 20.6. The number of methoxy groups -OCH3 is 1. The molecule has 3 heterocycles. The number of nitrogens with one attached hydrogen (secondary N) is 3. The highest BCUT2D eigenvalue weighted by Crippen LogP contribution is 2.31. The van der Waals surface area contributed by atoms with Crippen LogP contribution in [0.5, 0.6) is 0 Å². The monoisotopic (exact) mass is 502 g/mol. The Hall–Kier alpha value is -2.23. The van der Waals surface area contributed by atoms with Gasteiger partial charge in [0.2, 0.25) is 5.91 Å². The van der Waals surface area contributed by atoms with Gasteiger partial charge in [-0.05, 0) is 48.9 Å². The number of hydrogen-bond donors (Lipinski definition) is 3. The molecule has 35 heavy (non-hydrogen) atoms. The van der Waals surface area contributed by atoms with Crippen LogP contribution in [0, 0.1) is 11.8 Å². The standard InChI is InChI=1S/C26H35ClN4O4/c1-33-9-10-35-17-22-12-20(15-29-22)26(32)31-25-13-23(24(27)16-30-25)19-3-2-4-21(11-19)28-14-18-5-7-34-8-6-18/h2-4,11,13,16,18,20,22,28-29H,5-10,12,14-15,17H2,1H3,(H,30,31,32)/t20-,22+/m1/s1. The Morgan fingerprint density at radius 1 is 1.26 bits per heavy atom. The summed E-state index contributed by atoms with van der Waals surface area (Å²) in [5.74, 6) is 0.935. The molecule has 3 N–H and O–H groups in total. The summed E-state index contributed by atoms with van der Waals surface area (Å²) in [5, 5.41) is 10.4. The molecule has 0 spiro atoms. The number of halogens is 1. The molecule has 9 heteroatoms. The number of aromatic nitrogens is 1. The maximum absolute atomic E-state index is 12.9. The maximum Gasteiger partial charge on any atom is 0.229 e. The molecule has 8 nitrogen and oxygen atoms in total. The Morgan fingerprint density at radius 2 is 2.11 bits per heavy atom. The minimum Gasteiger partial charge on any atom is -0.385 e. The van der Waals surface area contributed by atoms with Gasteiger partial charge in [0, 0.05) is 56.9 Å². The molecule has 2 atom stereocenters. The summed E-state index contributed by atoms with van der Waals surface area (Å²) in [6.07, 6.45) is 4.49. The van der Waals surface area contributed by atoms with Crippen molar-refractivity contribution in [1.82, 2.24) is 10.3 Å². The maximum atomic E-state index is 12.9. The quantitative estimate of drug-likeness (QED) is 0.402. The van der Waals surface area contributed by atoms with Gasteiger partial charge in [0.25, 0.3) is 0 Å². The zero-order valence-electron chi connectivity index (χ0n) is 20.2. The van der Waals surface area contributed by atoms with E-state index in [-0.39, 0.29) is 17.9 Å². The van der Waals surface area contributed by atoms with Gasteiger partial charge >= 0.3 is 0 Å². The van der Waals surface area contributed by atoms with Gasteiger partial charge in [-0.2, -0.15) is 0 Å². The second-order valence-corrected chi connectivity index (χ2v) is 9.57. The summed E-state index contributed by atoms with van der Waals surface area (Å²) in [5.41, 5.74) is 2.85. The topological polar surface area (TPSA) is 93.7 Å². The minimum absolute atomic E-state index is 0.0513. The molecule has 190 valence electrons. The average Bonchev–Trinajstić information content (AvgIpc) is 3.37. The Morgan fingerprint density at radius 3 is 2.94 bits per heavy atom. The van der Waals surface area contributed by atoms with Crippen LogP contribution in [0.3, 0.4) is 0 Å². The third-order valence-corrected chi connectivity index (χ3v) is 6.86. The Kier molecular flexibility index (Phi) is 9.74. The van der Waals surface area contributed by atoms with Crippen LogP contribution in [0.4, 0.5) is 11.5 Å². The summed E-state index contributed by atoms with van der Waals surface area (Å²) in [4.78, 5) is 17.2. The molecule has 2 fully saturated rings. The van der Waals surface area contributed by atoms with Crippen LogP contribution >= 0.6 is 11.6 Å². The third kappa shape index (κ3) is 7.62. The van der Waals surface area contributed by atoms with E-state index in [9.17, 15) is 4.79 Å². The van der Waals surface area contributed by atoms with Gasteiger partial charge in [-0.25, -0.2) is 4.98 Å². The van der Waals surface area contributed by atoms with E-state index in [1.807, 2.05) is 18.2 Å². The fourth-order valence-electron chi connectivity index (χ4n) is 4.48. The lowest BCUT2D eigenvalue weighted by atomic mass is 10.00. The van der Waals surface area contributed by atoms with E-state index >= 15 is 0 Å². The highest BCUT2D eigenvalue weighted by atomic mass is 35.5. The van der Waals surface area contributed by atoms with Crippen molar-refractivity contribution in [1.29, 1.82) is 0 Å². The molecule has 2 aliphatic rings. The van der Waals surface area contributed by atoms with Crippen LogP contribution in [0.1, 0.15) is 19.3 Å². The van der Waals surface area contributed by atoms with Gasteiger partial charge in [-0.15, -0.1) is 0 Å². The highest BCUT2D eigenvalue weighted by molar-refractivity contribution is 6.33. The third-order valence-electron chi connectivity index (χ3n) is 6.56. The molecule has 0 aliphatic carbocycles. The Bertz CT molecular complexity index is 970. The van der Waals surface area contributed by atoms with Crippen molar-refractivity contribution in [3.63, 3.8) is 0 Å². The lowest BCUT2D eigenvalue weighted by molar-refractivity contribution is -0.119. The molecular weight excluding hydrogens is 468 g/mol. The molecule has 1 aromatic carbocycles. The van der Waals surface area contributed by atoms with Crippen LogP contribution < -0.4 is 16.0 Å². The van der Waals surface area contributed by atoms with E-state index in [2.05, 4.69) is 33.1 Å². The number of benzene rings is 1. The largest absolute Gasteiger partial charge is 0.385 e. The Labute approximate surface area is 212 Å². The van der Waals surface area contributed by atoms with Crippen LogP contribution in [-0.2, 0) is 19.0 Å². The smallest absolute Gasteiger partial charge is 0.229 e. The summed E-state index contributed by atoms with van der Waals surface area (Å²) in [6, 6.07) is 10.2. The van der Waals surface area contributed by atoms with Crippen molar-refractivity contribution in [2.45, 2.75) is 25.3 Å². The van der Waals surface area contributed by atoms with Gasteiger partial charge in [-0.1, -0.05) is 23.7 Å². The molecule has 2 aliphatic heterocycles. The zero-order valence-corrected chi connectivity index (χ0v) is 21.0. The predicted molar refractivity (Wildman–Crippen MR) is 138 cm³/mol. The second kappa shape index (κ2) is 13.2. The molecule has 2 saturated heterocycles.